The first-order chi connectivity index (χ1) is 9.33. The minimum Gasteiger partial charge on any atom is -0.253 e. The van der Waals surface area contributed by atoms with E-state index in [0.29, 0.717) is 0 Å². The summed E-state index contributed by atoms with van der Waals surface area (Å²) < 4.78 is 0. The molecule has 1 atom stereocenters. The van der Waals surface area contributed by atoms with Crippen molar-refractivity contribution in [2.45, 2.75) is 52.4 Å². The van der Waals surface area contributed by atoms with Crippen LogP contribution in [-0.2, 0) is 6.42 Å². The third-order valence-electron chi connectivity index (χ3n) is 4.01. The van der Waals surface area contributed by atoms with Crippen LogP contribution in [0.25, 0.3) is 10.9 Å². The summed E-state index contributed by atoms with van der Waals surface area (Å²) in [5.74, 6) is 0.869. The first kappa shape index (κ1) is 14.0. The minimum absolute atomic E-state index is 0.869. The molecular formula is C18H25N. The molecule has 0 aliphatic rings. The molecule has 1 aromatic carbocycles. The maximum Gasteiger partial charge on any atom is 0.0705 e. The predicted octanol–water partition coefficient (Wildman–Crippen LogP) is 5.38. The summed E-state index contributed by atoms with van der Waals surface area (Å²) in [5.41, 5.74) is 2.37. The summed E-state index contributed by atoms with van der Waals surface area (Å²) in [6.45, 7) is 4.59. The maximum atomic E-state index is 4.76. The molecule has 0 radical (unpaired) electrons. The van der Waals surface area contributed by atoms with E-state index in [1.165, 1.54) is 43.2 Å². The Morgan fingerprint density at radius 2 is 1.84 bits per heavy atom. The Bertz CT molecular complexity index is 504. The fraction of sp³-hybridized carbons (Fsp3) is 0.500. The van der Waals surface area contributed by atoms with Crippen LogP contribution in [0.2, 0.25) is 0 Å². The topological polar surface area (TPSA) is 12.9 Å². The Morgan fingerprint density at radius 3 is 2.63 bits per heavy atom. The third-order valence-corrected chi connectivity index (χ3v) is 4.01. The molecule has 1 heteroatoms. The fourth-order valence-corrected chi connectivity index (χ4v) is 2.64. The van der Waals surface area contributed by atoms with Crippen LogP contribution in [0.15, 0.2) is 36.4 Å². The first-order valence-electron chi connectivity index (χ1n) is 7.68. The van der Waals surface area contributed by atoms with Crippen molar-refractivity contribution in [2.24, 2.45) is 5.92 Å². The van der Waals surface area contributed by atoms with Gasteiger partial charge in [-0.2, -0.15) is 0 Å². The number of nitrogens with zero attached hydrogens (tertiary/aromatic N) is 1. The molecule has 0 bridgehead atoms. The van der Waals surface area contributed by atoms with E-state index in [9.17, 15) is 0 Å². The zero-order valence-electron chi connectivity index (χ0n) is 12.2. The highest BCUT2D eigenvalue weighted by Gasteiger charge is 2.07. The Labute approximate surface area is 117 Å². The third kappa shape index (κ3) is 4.05. The lowest BCUT2D eigenvalue weighted by Crippen LogP contribution is -2.02. The van der Waals surface area contributed by atoms with E-state index < -0.39 is 0 Å². The number of rotatable bonds is 7. The SMILES string of the molecule is CCCCC(CC)CCc1ccc2ccccc2n1. The van der Waals surface area contributed by atoms with E-state index in [1.54, 1.807) is 0 Å². The lowest BCUT2D eigenvalue weighted by Gasteiger charge is -2.13. The zero-order valence-corrected chi connectivity index (χ0v) is 12.2. The van der Waals surface area contributed by atoms with Gasteiger partial charge < -0.3 is 0 Å². The lowest BCUT2D eigenvalue weighted by molar-refractivity contribution is 0.420. The highest BCUT2D eigenvalue weighted by Crippen LogP contribution is 2.20. The van der Waals surface area contributed by atoms with Gasteiger partial charge in [0.2, 0.25) is 0 Å². The van der Waals surface area contributed by atoms with Crippen LogP contribution in [0.3, 0.4) is 0 Å². The summed E-state index contributed by atoms with van der Waals surface area (Å²) >= 11 is 0. The van der Waals surface area contributed by atoms with E-state index in [1.807, 2.05) is 0 Å². The molecule has 0 N–H and O–H groups in total. The van der Waals surface area contributed by atoms with Crippen LogP contribution >= 0.6 is 0 Å². The van der Waals surface area contributed by atoms with Crippen molar-refractivity contribution in [1.29, 1.82) is 0 Å². The van der Waals surface area contributed by atoms with Gasteiger partial charge in [0.15, 0.2) is 0 Å². The largest absolute Gasteiger partial charge is 0.253 e. The highest BCUT2D eigenvalue weighted by atomic mass is 14.7. The van der Waals surface area contributed by atoms with Crippen molar-refractivity contribution in [3.8, 4) is 0 Å². The quantitative estimate of drug-likeness (QED) is 0.647. The van der Waals surface area contributed by atoms with Gasteiger partial charge in [-0.05, 0) is 30.9 Å². The fourth-order valence-electron chi connectivity index (χ4n) is 2.64. The van der Waals surface area contributed by atoms with E-state index in [2.05, 4.69) is 50.2 Å². The summed E-state index contributed by atoms with van der Waals surface area (Å²) in [5, 5.41) is 1.24. The number of para-hydroxylation sites is 1. The second kappa shape index (κ2) is 7.28. The van der Waals surface area contributed by atoms with Gasteiger partial charge in [0.1, 0.15) is 0 Å². The minimum atomic E-state index is 0.869. The smallest absolute Gasteiger partial charge is 0.0705 e. The lowest BCUT2D eigenvalue weighted by atomic mass is 9.93. The van der Waals surface area contributed by atoms with Crippen LogP contribution in [0.1, 0.15) is 51.6 Å². The average molecular weight is 255 g/mol. The Balaban J connectivity index is 1.96. The number of aryl methyl sites for hydroxylation is 1. The van der Waals surface area contributed by atoms with Gasteiger partial charge in [0.25, 0.3) is 0 Å². The van der Waals surface area contributed by atoms with Gasteiger partial charge >= 0.3 is 0 Å². The van der Waals surface area contributed by atoms with E-state index in [4.69, 9.17) is 4.98 Å². The van der Waals surface area contributed by atoms with Crippen molar-refractivity contribution in [1.82, 2.24) is 4.98 Å². The molecule has 1 unspecified atom stereocenters. The van der Waals surface area contributed by atoms with Crippen molar-refractivity contribution < 1.29 is 0 Å². The molecule has 1 aromatic heterocycles. The second-order valence-corrected chi connectivity index (χ2v) is 5.45. The second-order valence-electron chi connectivity index (χ2n) is 5.45. The number of fused-ring (bicyclic) bond motifs is 1. The van der Waals surface area contributed by atoms with Gasteiger partial charge in [-0.1, -0.05) is 63.8 Å². The Morgan fingerprint density at radius 1 is 1.00 bits per heavy atom. The number of unbranched alkanes of at least 4 members (excludes halogenated alkanes) is 1. The van der Waals surface area contributed by atoms with Gasteiger partial charge in [0.05, 0.1) is 5.52 Å². The van der Waals surface area contributed by atoms with Gasteiger partial charge in [-0.15, -0.1) is 0 Å². The average Bonchev–Trinajstić information content (AvgIpc) is 2.47. The number of benzene rings is 1. The summed E-state index contributed by atoms with van der Waals surface area (Å²) in [4.78, 5) is 4.76. The number of pyridine rings is 1. The highest BCUT2D eigenvalue weighted by molar-refractivity contribution is 5.78. The molecule has 102 valence electrons. The molecule has 0 saturated heterocycles. The van der Waals surface area contributed by atoms with Crippen LogP contribution in [0.5, 0.6) is 0 Å². The van der Waals surface area contributed by atoms with Crippen LogP contribution in [0, 0.1) is 5.92 Å². The molecule has 19 heavy (non-hydrogen) atoms. The standard InChI is InChI=1S/C18H25N/c1-3-5-8-15(4-2)11-13-17-14-12-16-9-6-7-10-18(16)19-17/h6-7,9-10,12,14-15H,3-5,8,11,13H2,1-2H3. The molecular weight excluding hydrogens is 230 g/mol. The van der Waals surface area contributed by atoms with Gasteiger partial charge in [-0.25, -0.2) is 0 Å². The number of hydrogen-bond donors (Lipinski definition) is 0. The van der Waals surface area contributed by atoms with E-state index in [0.717, 1.165) is 17.9 Å². The van der Waals surface area contributed by atoms with Gasteiger partial charge in [-0.3, -0.25) is 4.98 Å². The maximum absolute atomic E-state index is 4.76. The molecule has 0 saturated carbocycles. The van der Waals surface area contributed by atoms with E-state index >= 15 is 0 Å². The van der Waals surface area contributed by atoms with Crippen LogP contribution in [-0.4, -0.2) is 4.98 Å². The Kier molecular flexibility index (Phi) is 5.38. The molecule has 0 spiro atoms. The zero-order chi connectivity index (χ0) is 13.5. The summed E-state index contributed by atoms with van der Waals surface area (Å²) in [6, 6.07) is 12.8. The normalized spacial score (nSPS) is 12.7. The van der Waals surface area contributed by atoms with E-state index in [-0.39, 0.29) is 0 Å². The number of aromatic nitrogens is 1. The molecule has 2 aromatic rings. The molecule has 0 amide bonds. The number of hydrogen-bond acceptors (Lipinski definition) is 1. The van der Waals surface area contributed by atoms with Gasteiger partial charge in [0, 0.05) is 11.1 Å². The van der Waals surface area contributed by atoms with Crippen LogP contribution in [0.4, 0.5) is 0 Å². The first-order valence-corrected chi connectivity index (χ1v) is 7.68. The summed E-state index contributed by atoms with van der Waals surface area (Å²) in [6.07, 6.45) is 7.75. The molecule has 0 aliphatic heterocycles. The summed E-state index contributed by atoms with van der Waals surface area (Å²) in [7, 11) is 0. The van der Waals surface area contributed by atoms with Crippen molar-refractivity contribution in [2.75, 3.05) is 0 Å². The molecule has 1 nitrogen and oxygen atoms in total. The Hall–Kier alpha value is -1.37. The molecule has 2 rings (SSSR count). The monoisotopic (exact) mass is 255 g/mol. The van der Waals surface area contributed by atoms with Crippen molar-refractivity contribution >= 4 is 10.9 Å². The molecule has 1 heterocycles. The van der Waals surface area contributed by atoms with Crippen molar-refractivity contribution in [3.63, 3.8) is 0 Å². The predicted molar refractivity (Wildman–Crippen MR) is 83.4 cm³/mol. The van der Waals surface area contributed by atoms with Crippen molar-refractivity contribution in [3.05, 3.63) is 42.1 Å². The molecule has 0 fully saturated rings. The van der Waals surface area contributed by atoms with Crippen LogP contribution < -0.4 is 0 Å². The molecule has 0 aliphatic carbocycles.